The van der Waals surface area contributed by atoms with Crippen LogP contribution in [0.2, 0.25) is 0 Å². The van der Waals surface area contributed by atoms with Crippen molar-refractivity contribution in [2.45, 2.75) is 26.7 Å². The van der Waals surface area contributed by atoms with Gasteiger partial charge < -0.3 is 19.9 Å². The molecular formula is C21H24N2O5. The Morgan fingerprint density at radius 3 is 2.61 bits per heavy atom. The molecule has 0 fully saturated rings. The maximum absolute atomic E-state index is 12.3. The van der Waals surface area contributed by atoms with Gasteiger partial charge in [-0.25, -0.2) is 4.79 Å². The lowest BCUT2D eigenvalue weighted by Crippen LogP contribution is -2.31. The summed E-state index contributed by atoms with van der Waals surface area (Å²) in [6.07, 6.45) is 4.52. The Morgan fingerprint density at radius 1 is 1.18 bits per heavy atom. The molecule has 148 valence electrons. The van der Waals surface area contributed by atoms with Crippen LogP contribution in [0, 0.1) is 11.8 Å². The Labute approximate surface area is 163 Å². The van der Waals surface area contributed by atoms with E-state index in [1.54, 1.807) is 36.7 Å². The van der Waals surface area contributed by atoms with Crippen molar-refractivity contribution in [1.29, 1.82) is 0 Å². The van der Waals surface area contributed by atoms with Crippen molar-refractivity contribution in [3.05, 3.63) is 53.3 Å². The van der Waals surface area contributed by atoms with E-state index in [2.05, 4.69) is 24.1 Å². The van der Waals surface area contributed by atoms with Crippen LogP contribution >= 0.6 is 0 Å². The number of benzene rings is 1. The van der Waals surface area contributed by atoms with Gasteiger partial charge >= 0.3 is 5.97 Å². The van der Waals surface area contributed by atoms with Crippen LogP contribution in [0.5, 0.6) is 11.5 Å². The Bertz CT molecular complexity index is 851. The molecule has 1 amide bonds. The predicted octanol–water partition coefficient (Wildman–Crippen LogP) is 3.14. The van der Waals surface area contributed by atoms with Gasteiger partial charge in [0.25, 0.3) is 5.91 Å². The van der Waals surface area contributed by atoms with Gasteiger partial charge in [-0.1, -0.05) is 19.9 Å². The monoisotopic (exact) mass is 384 g/mol. The molecule has 1 aromatic heterocycles. The summed E-state index contributed by atoms with van der Waals surface area (Å²) in [5, 5.41) is 12.6. The average molecular weight is 384 g/mol. The van der Waals surface area contributed by atoms with Crippen molar-refractivity contribution < 1.29 is 24.2 Å². The van der Waals surface area contributed by atoms with Gasteiger partial charge in [0.15, 0.2) is 11.5 Å². The van der Waals surface area contributed by atoms with E-state index in [1.807, 2.05) is 0 Å². The second-order valence-corrected chi connectivity index (χ2v) is 7.28. The van der Waals surface area contributed by atoms with Gasteiger partial charge in [0.1, 0.15) is 5.56 Å². The first-order valence-electron chi connectivity index (χ1n) is 9.28. The van der Waals surface area contributed by atoms with Crippen molar-refractivity contribution >= 4 is 11.9 Å². The van der Waals surface area contributed by atoms with Gasteiger partial charge in [0.05, 0.1) is 0 Å². The van der Waals surface area contributed by atoms with Crippen molar-refractivity contribution in [3.63, 3.8) is 0 Å². The summed E-state index contributed by atoms with van der Waals surface area (Å²) in [6, 6.07) is 6.83. The number of rotatable bonds is 8. The van der Waals surface area contributed by atoms with Gasteiger partial charge in [-0.3, -0.25) is 9.78 Å². The standard InChI is InChI=1S/C21H24N2O5/c1-13(2)9-14(11-23-20(24)15-5-7-22-8-6-15)10-16-3-4-17-19(28-12-27-17)18(16)21(25)26/h3-8,13-14H,9-12H2,1-2H3,(H,23,24)(H,25,26)/t14-/m0/s1. The first-order valence-corrected chi connectivity index (χ1v) is 9.28. The summed E-state index contributed by atoms with van der Waals surface area (Å²) in [5.74, 6) is 0.0258. The number of ether oxygens (including phenoxy) is 2. The lowest BCUT2D eigenvalue weighted by Gasteiger charge is -2.21. The van der Waals surface area contributed by atoms with Crippen molar-refractivity contribution in [1.82, 2.24) is 10.3 Å². The Balaban J connectivity index is 1.76. The maximum atomic E-state index is 12.3. The summed E-state index contributed by atoms with van der Waals surface area (Å²) in [5.41, 5.74) is 1.37. The van der Waals surface area contributed by atoms with Crippen LogP contribution in [0.3, 0.4) is 0 Å². The topological polar surface area (TPSA) is 97.8 Å². The molecule has 0 spiro atoms. The first kappa shape index (κ1) is 19.7. The van der Waals surface area contributed by atoms with Gasteiger partial charge in [0.2, 0.25) is 6.79 Å². The molecule has 2 heterocycles. The van der Waals surface area contributed by atoms with Crippen LogP contribution in [-0.4, -0.2) is 35.3 Å². The third-order valence-corrected chi connectivity index (χ3v) is 4.65. The molecule has 2 aromatic rings. The lowest BCUT2D eigenvalue weighted by atomic mass is 9.88. The lowest BCUT2D eigenvalue weighted by molar-refractivity contribution is 0.0690. The number of hydrogen-bond acceptors (Lipinski definition) is 5. The Kier molecular flexibility index (Phi) is 6.13. The molecule has 28 heavy (non-hydrogen) atoms. The summed E-state index contributed by atoms with van der Waals surface area (Å²) in [7, 11) is 0. The maximum Gasteiger partial charge on any atom is 0.339 e. The second-order valence-electron chi connectivity index (χ2n) is 7.28. The third kappa shape index (κ3) is 4.60. The van der Waals surface area contributed by atoms with E-state index >= 15 is 0 Å². The molecule has 3 rings (SSSR count). The number of pyridine rings is 1. The zero-order valence-electron chi connectivity index (χ0n) is 16.0. The van der Waals surface area contributed by atoms with E-state index in [0.29, 0.717) is 35.8 Å². The summed E-state index contributed by atoms with van der Waals surface area (Å²) < 4.78 is 10.7. The van der Waals surface area contributed by atoms with E-state index in [9.17, 15) is 14.7 Å². The smallest absolute Gasteiger partial charge is 0.339 e. The highest BCUT2D eigenvalue weighted by molar-refractivity contribution is 5.94. The number of aromatic carboxylic acids is 1. The molecule has 0 saturated heterocycles. The van der Waals surface area contributed by atoms with E-state index in [1.165, 1.54) is 0 Å². The number of amides is 1. The number of carbonyl (C=O) groups is 2. The highest BCUT2D eigenvalue weighted by atomic mass is 16.7. The molecule has 1 aromatic carbocycles. The van der Waals surface area contributed by atoms with E-state index in [4.69, 9.17) is 9.47 Å². The van der Waals surface area contributed by atoms with E-state index in [0.717, 1.165) is 6.42 Å². The minimum absolute atomic E-state index is 0.0243. The van der Waals surface area contributed by atoms with Crippen LogP contribution in [-0.2, 0) is 6.42 Å². The average Bonchev–Trinajstić information content (AvgIpc) is 3.14. The summed E-state index contributed by atoms with van der Waals surface area (Å²) in [6.45, 7) is 4.69. The number of aromatic nitrogens is 1. The molecule has 0 bridgehead atoms. The molecular weight excluding hydrogens is 360 g/mol. The van der Waals surface area contributed by atoms with Crippen molar-refractivity contribution in [2.24, 2.45) is 11.8 Å². The number of carbonyl (C=O) groups excluding carboxylic acids is 1. The molecule has 7 heteroatoms. The molecule has 0 radical (unpaired) electrons. The quantitative estimate of drug-likeness (QED) is 0.726. The second kappa shape index (κ2) is 8.73. The van der Waals surface area contributed by atoms with Crippen LogP contribution in [0.4, 0.5) is 0 Å². The fraction of sp³-hybridized carbons (Fsp3) is 0.381. The number of carboxylic acid groups (broad SMARTS) is 1. The zero-order valence-corrected chi connectivity index (χ0v) is 16.0. The van der Waals surface area contributed by atoms with Crippen molar-refractivity contribution in [3.8, 4) is 11.5 Å². The predicted molar refractivity (Wildman–Crippen MR) is 103 cm³/mol. The highest BCUT2D eigenvalue weighted by Gasteiger charge is 2.27. The minimum atomic E-state index is -1.04. The van der Waals surface area contributed by atoms with Gasteiger partial charge in [-0.15, -0.1) is 0 Å². The molecule has 0 aliphatic carbocycles. The Hall–Kier alpha value is -3.09. The minimum Gasteiger partial charge on any atom is -0.478 e. The zero-order chi connectivity index (χ0) is 20.1. The fourth-order valence-corrected chi connectivity index (χ4v) is 3.48. The number of hydrogen-bond donors (Lipinski definition) is 2. The van der Waals surface area contributed by atoms with E-state index < -0.39 is 5.97 Å². The van der Waals surface area contributed by atoms with Gasteiger partial charge in [0, 0.05) is 24.5 Å². The normalized spacial score (nSPS) is 13.4. The number of carboxylic acids is 1. The van der Waals surface area contributed by atoms with Crippen LogP contribution in [0.1, 0.15) is 46.5 Å². The number of nitrogens with one attached hydrogen (secondary N) is 1. The number of nitrogens with zero attached hydrogens (tertiary/aromatic N) is 1. The SMILES string of the molecule is CC(C)C[C@H](CNC(=O)c1ccncc1)Cc1ccc2c(c1C(=O)O)OCO2. The summed E-state index contributed by atoms with van der Waals surface area (Å²) >= 11 is 0. The first-order chi connectivity index (χ1) is 13.5. The van der Waals surface area contributed by atoms with Crippen LogP contribution in [0.25, 0.3) is 0 Å². The largest absolute Gasteiger partial charge is 0.478 e. The van der Waals surface area contributed by atoms with Crippen molar-refractivity contribution in [2.75, 3.05) is 13.3 Å². The summed E-state index contributed by atoms with van der Waals surface area (Å²) in [4.78, 5) is 28.1. The van der Waals surface area contributed by atoms with Crippen LogP contribution in [0.15, 0.2) is 36.7 Å². The molecule has 7 nitrogen and oxygen atoms in total. The van der Waals surface area contributed by atoms with E-state index in [-0.39, 0.29) is 29.9 Å². The third-order valence-electron chi connectivity index (χ3n) is 4.65. The molecule has 1 aliphatic heterocycles. The molecule has 0 unspecified atom stereocenters. The molecule has 2 N–H and O–H groups in total. The molecule has 1 aliphatic rings. The van der Waals surface area contributed by atoms with Crippen LogP contribution < -0.4 is 14.8 Å². The van der Waals surface area contributed by atoms with Gasteiger partial charge in [-0.2, -0.15) is 0 Å². The molecule has 1 atom stereocenters. The molecule has 0 saturated carbocycles. The number of fused-ring (bicyclic) bond motifs is 1. The Morgan fingerprint density at radius 2 is 1.93 bits per heavy atom. The van der Waals surface area contributed by atoms with Gasteiger partial charge in [-0.05, 0) is 48.4 Å². The highest BCUT2D eigenvalue weighted by Crippen LogP contribution is 2.38. The fourth-order valence-electron chi connectivity index (χ4n) is 3.48.